The molecule has 1 aliphatic heterocycles. The van der Waals surface area contributed by atoms with E-state index in [-0.39, 0.29) is 23.5 Å². The summed E-state index contributed by atoms with van der Waals surface area (Å²) in [6.07, 6.45) is -1.73. The fraction of sp³-hybridized carbons (Fsp3) is 0.583. The van der Waals surface area contributed by atoms with Gasteiger partial charge < -0.3 is 10.2 Å². The van der Waals surface area contributed by atoms with Crippen molar-refractivity contribution in [2.75, 3.05) is 25.0 Å². The molecule has 3 nitrogen and oxygen atoms in total. The summed E-state index contributed by atoms with van der Waals surface area (Å²) in [5, 5.41) is 3.27. The molecule has 0 amide bonds. The summed E-state index contributed by atoms with van der Waals surface area (Å²) in [6, 6.07) is 1.18. The fourth-order valence-electron chi connectivity index (χ4n) is 2.21. The van der Waals surface area contributed by atoms with Crippen LogP contribution in [-0.2, 0) is 6.18 Å². The van der Waals surface area contributed by atoms with Crippen molar-refractivity contribution in [1.29, 1.82) is 0 Å². The van der Waals surface area contributed by atoms with E-state index in [1.165, 1.54) is 0 Å². The van der Waals surface area contributed by atoms with E-state index in [9.17, 15) is 13.2 Å². The first-order valence-electron chi connectivity index (χ1n) is 6.06. The SMILES string of the molecule is CN(c1ncc(C(F)(F)F)cc1Cl)C1CCNCC1.Cl. The number of piperidine rings is 1. The van der Waals surface area contributed by atoms with E-state index in [4.69, 9.17) is 11.6 Å². The number of anilines is 1. The van der Waals surface area contributed by atoms with Gasteiger partial charge >= 0.3 is 6.18 Å². The zero-order valence-electron chi connectivity index (χ0n) is 10.9. The number of nitrogens with one attached hydrogen (secondary N) is 1. The third-order valence-electron chi connectivity index (χ3n) is 3.34. The van der Waals surface area contributed by atoms with Crippen LogP contribution in [0.4, 0.5) is 19.0 Å². The van der Waals surface area contributed by atoms with Crippen molar-refractivity contribution in [3.05, 3.63) is 22.8 Å². The van der Waals surface area contributed by atoms with E-state index >= 15 is 0 Å². The van der Waals surface area contributed by atoms with Gasteiger partial charge in [-0.1, -0.05) is 11.6 Å². The fourth-order valence-corrected chi connectivity index (χ4v) is 2.51. The molecule has 0 aromatic carbocycles. The zero-order chi connectivity index (χ0) is 14.0. The highest BCUT2D eigenvalue weighted by Gasteiger charge is 2.32. The lowest BCUT2D eigenvalue weighted by atomic mass is 10.1. The van der Waals surface area contributed by atoms with E-state index in [0.29, 0.717) is 5.82 Å². The second kappa shape index (κ2) is 6.83. The topological polar surface area (TPSA) is 28.2 Å². The lowest BCUT2D eigenvalue weighted by Gasteiger charge is -2.33. The van der Waals surface area contributed by atoms with Crippen LogP contribution < -0.4 is 10.2 Å². The Bertz CT molecular complexity index is 448. The quantitative estimate of drug-likeness (QED) is 0.901. The summed E-state index contributed by atoms with van der Waals surface area (Å²) in [6.45, 7) is 1.79. The molecule has 1 aromatic rings. The van der Waals surface area contributed by atoms with Crippen LogP contribution >= 0.6 is 24.0 Å². The van der Waals surface area contributed by atoms with Gasteiger partial charge in [0, 0.05) is 19.3 Å². The van der Waals surface area contributed by atoms with Gasteiger partial charge in [-0.3, -0.25) is 0 Å². The average Bonchev–Trinajstić information content (AvgIpc) is 2.38. The molecule has 0 atom stereocenters. The molecule has 1 aliphatic rings. The Morgan fingerprint density at radius 2 is 1.95 bits per heavy atom. The summed E-state index contributed by atoms with van der Waals surface area (Å²) < 4.78 is 37.6. The molecule has 8 heteroatoms. The van der Waals surface area contributed by atoms with Crippen LogP contribution in [0.15, 0.2) is 12.3 Å². The molecule has 0 saturated carbocycles. The standard InChI is InChI=1S/C12H15ClF3N3.ClH/c1-19(9-2-4-17-5-3-9)11-10(13)6-8(7-18-11)12(14,15)16;/h6-7,9,17H,2-5H2,1H3;1H. The van der Waals surface area contributed by atoms with E-state index < -0.39 is 11.7 Å². The first-order chi connectivity index (χ1) is 8.89. The number of rotatable bonds is 2. The number of halogens is 5. The zero-order valence-corrected chi connectivity index (χ0v) is 12.4. The Labute approximate surface area is 126 Å². The number of aromatic nitrogens is 1. The molecular formula is C12H16Cl2F3N3. The maximum Gasteiger partial charge on any atom is 0.417 e. The maximum atomic E-state index is 12.5. The Balaban J connectivity index is 0.00000200. The molecule has 0 bridgehead atoms. The van der Waals surface area contributed by atoms with E-state index in [2.05, 4.69) is 10.3 Å². The molecule has 20 heavy (non-hydrogen) atoms. The number of hydrogen-bond acceptors (Lipinski definition) is 3. The van der Waals surface area contributed by atoms with Crippen molar-refractivity contribution in [3.8, 4) is 0 Å². The maximum absolute atomic E-state index is 12.5. The number of hydrogen-bond donors (Lipinski definition) is 1. The lowest BCUT2D eigenvalue weighted by Crippen LogP contribution is -2.41. The van der Waals surface area contributed by atoms with Gasteiger partial charge in [-0.2, -0.15) is 13.2 Å². The Kier molecular flexibility index (Phi) is 5.91. The first-order valence-corrected chi connectivity index (χ1v) is 6.43. The van der Waals surface area contributed by atoms with Crippen LogP contribution in [-0.4, -0.2) is 31.2 Å². The van der Waals surface area contributed by atoms with Crippen molar-refractivity contribution in [2.24, 2.45) is 0 Å². The van der Waals surface area contributed by atoms with Crippen molar-refractivity contribution in [1.82, 2.24) is 10.3 Å². The minimum absolute atomic E-state index is 0. The van der Waals surface area contributed by atoms with E-state index in [0.717, 1.165) is 38.2 Å². The van der Waals surface area contributed by atoms with Crippen molar-refractivity contribution < 1.29 is 13.2 Å². The van der Waals surface area contributed by atoms with Gasteiger partial charge in [-0.25, -0.2) is 4.98 Å². The van der Waals surface area contributed by atoms with Crippen LogP contribution in [0.1, 0.15) is 18.4 Å². The van der Waals surface area contributed by atoms with Crippen LogP contribution in [0, 0.1) is 0 Å². The largest absolute Gasteiger partial charge is 0.417 e. The van der Waals surface area contributed by atoms with Gasteiger partial charge in [-0.15, -0.1) is 12.4 Å². The van der Waals surface area contributed by atoms with Gasteiger partial charge in [0.1, 0.15) is 5.82 Å². The van der Waals surface area contributed by atoms with Crippen LogP contribution in [0.25, 0.3) is 0 Å². The first kappa shape index (κ1) is 17.3. The van der Waals surface area contributed by atoms with Gasteiger partial charge in [0.05, 0.1) is 10.6 Å². The molecule has 1 fully saturated rings. The molecule has 0 spiro atoms. The van der Waals surface area contributed by atoms with Gasteiger partial charge in [0.15, 0.2) is 0 Å². The number of alkyl halides is 3. The molecule has 1 saturated heterocycles. The Morgan fingerprint density at radius 1 is 1.35 bits per heavy atom. The summed E-state index contributed by atoms with van der Waals surface area (Å²) >= 11 is 5.93. The van der Waals surface area contributed by atoms with Crippen molar-refractivity contribution in [2.45, 2.75) is 25.1 Å². The van der Waals surface area contributed by atoms with E-state index in [1.807, 2.05) is 11.9 Å². The molecule has 114 valence electrons. The van der Waals surface area contributed by atoms with Gasteiger partial charge in [-0.05, 0) is 32.0 Å². The second-order valence-electron chi connectivity index (χ2n) is 4.62. The normalized spacial score (nSPS) is 16.6. The molecule has 0 radical (unpaired) electrons. The highest BCUT2D eigenvalue weighted by atomic mass is 35.5. The van der Waals surface area contributed by atoms with Gasteiger partial charge in [0.2, 0.25) is 0 Å². The molecule has 1 N–H and O–H groups in total. The third-order valence-corrected chi connectivity index (χ3v) is 3.62. The van der Waals surface area contributed by atoms with Crippen LogP contribution in [0.5, 0.6) is 0 Å². The summed E-state index contributed by atoms with van der Waals surface area (Å²) in [5.74, 6) is 0.404. The van der Waals surface area contributed by atoms with Crippen LogP contribution in [0.3, 0.4) is 0 Å². The molecule has 0 unspecified atom stereocenters. The highest BCUT2D eigenvalue weighted by molar-refractivity contribution is 6.33. The lowest BCUT2D eigenvalue weighted by molar-refractivity contribution is -0.137. The predicted octanol–water partition coefficient (Wildman–Crippen LogP) is 3.36. The molecular weight excluding hydrogens is 314 g/mol. The molecule has 0 aliphatic carbocycles. The highest BCUT2D eigenvalue weighted by Crippen LogP contribution is 2.34. The molecule has 2 rings (SSSR count). The van der Waals surface area contributed by atoms with Crippen molar-refractivity contribution in [3.63, 3.8) is 0 Å². The van der Waals surface area contributed by atoms with Crippen LogP contribution in [0.2, 0.25) is 5.02 Å². The average molecular weight is 330 g/mol. The summed E-state index contributed by atoms with van der Waals surface area (Å²) in [5.41, 5.74) is -0.819. The Morgan fingerprint density at radius 3 is 2.45 bits per heavy atom. The van der Waals surface area contributed by atoms with E-state index in [1.54, 1.807) is 0 Å². The number of pyridine rings is 1. The predicted molar refractivity (Wildman–Crippen MR) is 75.8 cm³/mol. The molecule has 2 heterocycles. The third kappa shape index (κ3) is 3.90. The minimum Gasteiger partial charge on any atom is -0.355 e. The summed E-state index contributed by atoms with van der Waals surface area (Å²) in [4.78, 5) is 5.74. The minimum atomic E-state index is -4.41. The van der Waals surface area contributed by atoms with Gasteiger partial charge in [0.25, 0.3) is 0 Å². The molecule has 1 aromatic heterocycles. The smallest absolute Gasteiger partial charge is 0.355 e. The summed E-state index contributed by atoms with van der Waals surface area (Å²) in [7, 11) is 1.82. The second-order valence-corrected chi connectivity index (χ2v) is 5.03. The monoisotopic (exact) mass is 329 g/mol. The van der Waals surface area contributed by atoms with Crippen molar-refractivity contribution >= 4 is 29.8 Å². The number of nitrogens with zero attached hydrogens (tertiary/aromatic N) is 2. The Hall–Kier alpha value is -0.720.